The van der Waals surface area contributed by atoms with Crippen LogP contribution in [-0.2, 0) is 19.6 Å². The summed E-state index contributed by atoms with van der Waals surface area (Å²) in [7, 11) is -2.94. The highest BCUT2D eigenvalue weighted by molar-refractivity contribution is 7.89. The average Bonchev–Trinajstić information content (AvgIpc) is 3.32. The summed E-state index contributed by atoms with van der Waals surface area (Å²) in [5.41, 5.74) is 10.6. The maximum atomic E-state index is 13.2. The van der Waals surface area contributed by atoms with Gasteiger partial charge >= 0.3 is 5.97 Å². The number of aromatic nitrogens is 3. The van der Waals surface area contributed by atoms with Crippen LogP contribution in [-0.4, -0.2) is 65.2 Å². The lowest BCUT2D eigenvalue weighted by atomic mass is 10.1. The van der Waals surface area contributed by atoms with Crippen LogP contribution in [0.4, 0.5) is 0 Å². The minimum absolute atomic E-state index is 0.00538. The number of carbonyl (C=O) groups excluding carboxylic acids is 3. The largest absolute Gasteiger partial charge is 0.468 e. The third-order valence-corrected chi connectivity index (χ3v) is 6.73. The van der Waals surface area contributed by atoms with Crippen LogP contribution >= 0.6 is 0 Å². The van der Waals surface area contributed by atoms with E-state index in [0.717, 1.165) is 21.7 Å². The molecule has 3 rings (SSSR count). The summed E-state index contributed by atoms with van der Waals surface area (Å²) >= 11 is 0. The molecule has 0 spiro atoms. The number of amides is 2. The lowest BCUT2D eigenvalue weighted by Gasteiger charge is -2.22. The predicted octanol–water partition coefficient (Wildman–Crippen LogP) is -1.04. The van der Waals surface area contributed by atoms with Crippen molar-refractivity contribution in [2.24, 2.45) is 11.5 Å². The molecule has 1 saturated heterocycles. The third-order valence-electron chi connectivity index (χ3n) is 4.84. The van der Waals surface area contributed by atoms with Crippen LogP contribution in [0, 0.1) is 6.92 Å². The molecule has 1 aliphatic rings. The van der Waals surface area contributed by atoms with E-state index in [1.165, 1.54) is 12.1 Å². The van der Waals surface area contributed by atoms with Gasteiger partial charge in [0.25, 0.3) is 11.8 Å². The van der Waals surface area contributed by atoms with Crippen molar-refractivity contribution >= 4 is 27.8 Å². The van der Waals surface area contributed by atoms with Crippen molar-refractivity contribution < 1.29 is 27.5 Å². The molecule has 0 aliphatic carbocycles. The highest BCUT2D eigenvalue weighted by atomic mass is 32.2. The molecule has 13 heteroatoms. The van der Waals surface area contributed by atoms with E-state index in [4.69, 9.17) is 16.2 Å². The smallest absolute Gasteiger partial charge is 0.324 e. The molecule has 30 heavy (non-hydrogen) atoms. The zero-order valence-corrected chi connectivity index (χ0v) is 17.0. The number of sulfonamides is 1. The van der Waals surface area contributed by atoms with Crippen LogP contribution in [0.3, 0.4) is 0 Å². The van der Waals surface area contributed by atoms with E-state index in [1.54, 1.807) is 12.1 Å². The Kier molecular flexibility index (Phi) is 5.59. The van der Waals surface area contributed by atoms with Crippen LogP contribution in [0.1, 0.15) is 39.0 Å². The standard InChI is InChI=1S/C17H20N6O6S/c1-9-3-5-11(6-4-9)30(27,28)22-8-10(7-12(22)17(26)29-2)23-14(16(19)25)13(15(18)24)20-21-23/h3-6,10,12H,7-8H2,1-2H3,(H2,18,24)(H2,19,25)/t10-,12-/m0/s1. The quantitative estimate of drug-likeness (QED) is 0.539. The first-order valence-corrected chi connectivity index (χ1v) is 10.2. The summed E-state index contributed by atoms with van der Waals surface area (Å²) in [6, 6.07) is 4.15. The minimum atomic E-state index is -4.08. The van der Waals surface area contributed by atoms with Crippen molar-refractivity contribution in [2.75, 3.05) is 13.7 Å². The number of hydrogen-bond donors (Lipinski definition) is 2. The molecule has 0 bridgehead atoms. The van der Waals surface area contributed by atoms with Gasteiger partial charge in [0.05, 0.1) is 18.0 Å². The maximum absolute atomic E-state index is 13.2. The second-order valence-corrected chi connectivity index (χ2v) is 8.67. The van der Waals surface area contributed by atoms with Gasteiger partial charge in [-0.15, -0.1) is 5.10 Å². The normalized spacial score (nSPS) is 19.5. The summed E-state index contributed by atoms with van der Waals surface area (Å²) in [6.45, 7) is 1.59. The van der Waals surface area contributed by atoms with E-state index in [0.29, 0.717) is 0 Å². The number of carbonyl (C=O) groups is 3. The molecule has 2 heterocycles. The van der Waals surface area contributed by atoms with Gasteiger partial charge in [0, 0.05) is 6.54 Å². The lowest BCUT2D eigenvalue weighted by molar-refractivity contribution is -0.144. The summed E-state index contributed by atoms with van der Waals surface area (Å²) in [6.07, 6.45) is -0.0698. The second kappa shape index (κ2) is 7.84. The van der Waals surface area contributed by atoms with E-state index >= 15 is 0 Å². The highest BCUT2D eigenvalue weighted by Crippen LogP contribution is 2.33. The molecule has 2 amide bonds. The van der Waals surface area contributed by atoms with Gasteiger partial charge in [-0.2, -0.15) is 4.31 Å². The molecule has 4 N–H and O–H groups in total. The summed E-state index contributed by atoms with van der Waals surface area (Å²) in [5, 5.41) is 7.33. The van der Waals surface area contributed by atoms with Gasteiger partial charge in [0.15, 0.2) is 11.4 Å². The number of primary amides is 2. The fourth-order valence-electron chi connectivity index (χ4n) is 3.37. The van der Waals surface area contributed by atoms with Crippen molar-refractivity contribution in [1.29, 1.82) is 0 Å². The van der Waals surface area contributed by atoms with Gasteiger partial charge in [-0.25, -0.2) is 13.1 Å². The molecule has 0 unspecified atom stereocenters. The number of rotatable bonds is 6. The Balaban J connectivity index is 2.05. The Morgan fingerprint density at radius 3 is 2.30 bits per heavy atom. The molecule has 0 radical (unpaired) electrons. The number of aryl methyl sites for hydroxylation is 1. The van der Waals surface area contributed by atoms with Crippen molar-refractivity contribution in [3.05, 3.63) is 41.2 Å². The molecule has 2 aromatic rings. The van der Waals surface area contributed by atoms with Gasteiger partial charge in [-0.3, -0.25) is 14.4 Å². The minimum Gasteiger partial charge on any atom is -0.468 e. The van der Waals surface area contributed by atoms with E-state index in [2.05, 4.69) is 10.3 Å². The van der Waals surface area contributed by atoms with Crippen LogP contribution in [0.2, 0.25) is 0 Å². The first kappa shape index (κ1) is 21.4. The monoisotopic (exact) mass is 436 g/mol. The number of nitrogens with two attached hydrogens (primary N) is 2. The topological polar surface area (TPSA) is 181 Å². The van der Waals surface area contributed by atoms with Gasteiger partial charge in [0.2, 0.25) is 10.0 Å². The fraction of sp³-hybridized carbons (Fsp3) is 0.353. The van der Waals surface area contributed by atoms with Crippen LogP contribution in [0.15, 0.2) is 29.2 Å². The average molecular weight is 436 g/mol. The first-order valence-electron chi connectivity index (χ1n) is 8.79. The third kappa shape index (κ3) is 3.64. The van der Waals surface area contributed by atoms with Crippen molar-refractivity contribution in [2.45, 2.75) is 30.3 Å². The van der Waals surface area contributed by atoms with Gasteiger partial charge in [0.1, 0.15) is 6.04 Å². The van der Waals surface area contributed by atoms with Gasteiger partial charge in [-0.05, 0) is 25.5 Å². The number of esters is 1. The molecule has 2 atom stereocenters. The molecule has 1 aromatic carbocycles. The Labute approximate surface area is 171 Å². The Hall–Kier alpha value is -3.32. The molecule has 0 saturated carbocycles. The fourth-order valence-corrected chi connectivity index (χ4v) is 4.99. The van der Waals surface area contributed by atoms with Crippen LogP contribution in [0.5, 0.6) is 0 Å². The van der Waals surface area contributed by atoms with E-state index < -0.39 is 45.6 Å². The molecular formula is C17H20N6O6S. The number of ether oxygens (including phenoxy) is 1. The molecular weight excluding hydrogens is 416 g/mol. The van der Waals surface area contributed by atoms with Gasteiger partial charge < -0.3 is 16.2 Å². The van der Waals surface area contributed by atoms with Crippen LogP contribution in [0.25, 0.3) is 0 Å². The zero-order chi connectivity index (χ0) is 22.2. The lowest BCUT2D eigenvalue weighted by Crippen LogP contribution is -2.41. The maximum Gasteiger partial charge on any atom is 0.324 e. The number of nitrogens with zero attached hydrogens (tertiary/aromatic N) is 4. The molecule has 1 aliphatic heterocycles. The second-order valence-electron chi connectivity index (χ2n) is 6.78. The first-order chi connectivity index (χ1) is 14.1. The van der Waals surface area contributed by atoms with Crippen molar-refractivity contribution in [1.82, 2.24) is 19.3 Å². The van der Waals surface area contributed by atoms with E-state index in [9.17, 15) is 22.8 Å². The molecule has 1 aromatic heterocycles. The van der Waals surface area contributed by atoms with E-state index in [-0.39, 0.29) is 23.6 Å². The summed E-state index contributed by atoms with van der Waals surface area (Å²) < 4.78 is 33.2. The van der Waals surface area contributed by atoms with Crippen LogP contribution < -0.4 is 11.5 Å². The predicted molar refractivity (Wildman–Crippen MR) is 102 cm³/mol. The van der Waals surface area contributed by atoms with E-state index in [1.807, 2.05) is 6.92 Å². The molecule has 12 nitrogen and oxygen atoms in total. The summed E-state index contributed by atoms with van der Waals surface area (Å²) in [4.78, 5) is 35.7. The number of benzene rings is 1. The Morgan fingerprint density at radius 1 is 1.13 bits per heavy atom. The Bertz CT molecular complexity index is 1110. The zero-order valence-electron chi connectivity index (χ0n) is 16.2. The van der Waals surface area contributed by atoms with Gasteiger partial charge in [-0.1, -0.05) is 22.9 Å². The molecule has 160 valence electrons. The Morgan fingerprint density at radius 2 is 1.77 bits per heavy atom. The summed E-state index contributed by atoms with van der Waals surface area (Å²) in [5.74, 6) is -2.80. The molecule has 1 fully saturated rings. The highest BCUT2D eigenvalue weighted by Gasteiger charge is 2.46. The van der Waals surface area contributed by atoms with Crippen molar-refractivity contribution in [3.63, 3.8) is 0 Å². The van der Waals surface area contributed by atoms with Crippen molar-refractivity contribution in [3.8, 4) is 0 Å². The number of methoxy groups -OCH3 is 1. The SMILES string of the molecule is COC(=O)[C@@H]1C[C@H](n2nnc(C(N)=O)c2C(N)=O)CN1S(=O)(=O)c1ccc(C)cc1. The number of hydrogen-bond acceptors (Lipinski definition) is 8.